The monoisotopic (exact) mass is 256 g/mol. The van der Waals surface area contributed by atoms with Crippen molar-refractivity contribution in [2.24, 2.45) is 0 Å². The van der Waals surface area contributed by atoms with Gasteiger partial charge in [0.1, 0.15) is 18.0 Å². The number of hydrogen-bond acceptors (Lipinski definition) is 3. The third-order valence-electron chi connectivity index (χ3n) is 1.44. The van der Waals surface area contributed by atoms with Gasteiger partial charge in [-0.05, 0) is 31.2 Å². The summed E-state index contributed by atoms with van der Waals surface area (Å²) in [5.74, 6) is -0.286. The van der Waals surface area contributed by atoms with Crippen LogP contribution in [0.5, 0.6) is 5.75 Å². The standard InChI is InChI=1S/C10H9BrO3/c1-7(12)6-10(13)14-9-4-2-8(11)3-5-9/h2-5H,6H2,1H3. The average molecular weight is 257 g/mol. The lowest BCUT2D eigenvalue weighted by Gasteiger charge is -2.02. The van der Waals surface area contributed by atoms with E-state index in [2.05, 4.69) is 15.9 Å². The SMILES string of the molecule is CC(=O)CC(=O)Oc1ccc(Br)cc1. The summed E-state index contributed by atoms with van der Waals surface area (Å²) in [5, 5.41) is 0. The lowest BCUT2D eigenvalue weighted by molar-refractivity contribution is -0.137. The lowest BCUT2D eigenvalue weighted by Crippen LogP contribution is -2.11. The van der Waals surface area contributed by atoms with Crippen LogP contribution in [-0.2, 0) is 9.59 Å². The fourth-order valence-electron chi connectivity index (χ4n) is 0.873. The first-order valence-corrected chi connectivity index (χ1v) is 4.83. The molecule has 0 heterocycles. The number of ether oxygens (including phenoxy) is 1. The molecule has 1 aromatic rings. The highest BCUT2D eigenvalue weighted by atomic mass is 79.9. The van der Waals surface area contributed by atoms with Crippen LogP contribution in [0.15, 0.2) is 28.7 Å². The van der Waals surface area contributed by atoms with Gasteiger partial charge in [0.15, 0.2) is 0 Å². The van der Waals surface area contributed by atoms with Crippen LogP contribution in [0.3, 0.4) is 0 Å². The molecule has 0 aliphatic carbocycles. The van der Waals surface area contributed by atoms with Crippen molar-refractivity contribution < 1.29 is 14.3 Å². The summed E-state index contributed by atoms with van der Waals surface area (Å²) < 4.78 is 5.81. The van der Waals surface area contributed by atoms with Crippen molar-refractivity contribution in [1.29, 1.82) is 0 Å². The van der Waals surface area contributed by atoms with E-state index >= 15 is 0 Å². The van der Waals surface area contributed by atoms with Gasteiger partial charge in [0, 0.05) is 4.47 Å². The van der Waals surface area contributed by atoms with Crippen molar-refractivity contribution >= 4 is 27.7 Å². The maximum Gasteiger partial charge on any atom is 0.318 e. The molecule has 4 heteroatoms. The number of ketones is 1. The summed E-state index contributed by atoms with van der Waals surface area (Å²) in [4.78, 5) is 21.6. The summed E-state index contributed by atoms with van der Waals surface area (Å²) in [6.45, 7) is 1.35. The summed E-state index contributed by atoms with van der Waals surface area (Å²) in [6, 6.07) is 6.83. The van der Waals surface area contributed by atoms with Crippen LogP contribution in [0.4, 0.5) is 0 Å². The molecule has 0 unspecified atom stereocenters. The van der Waals surface area contributed by atoms with Gasteiger partial charge in [0.2, 0.25) is 0 Å². The van der Waals surface area contributed by atoms with Gasteiger partial charge in [0.25, 0.3) is 0 Å². The van der Waals surface area contributed by atoms with Crippen LogP contribution in [0.2, 0.25) is 0 Å². The zero-order valence-corrected chi connectivity index (χ0v) is 9.21. The van der Waals surface area contributed by atoms with E-state index in [0.29, 0.717) is 5.75 Å². The molecule has 1 rings (SSSR count). The van der Waals surface area contributed by atoms with Gasteiger partial charge in [-0.3, -0.25) is 9.59 Å². The normalized spacial score (nSPS) is 9.57. The quantitative estimate of drug-likeness (QED) is 0.474. The van der Waals surface area contributed by atoms with E-state index in [4.69, 9.17) is 4.74 Å². The first-order chi connectivity index (χ1) is 6.58. The molecule has 0 aliphatic rings. The number of halogens is 1. The van der Waals surface area contributed by atoms with Gasteiger partial charge in [-0.25, -0.2) is 0 Å². The molecule has 0 fully saturated rings. The summed E-state index contributed by atoms with van der Waals surface area (Å²) in [7, 11) is 0. The second-order valence-corrected chi connectivity index (χ2v) is 3.72. The van der Waals surface area contributed by atoms with Gasteiger partial charge < -0.3 is 4.74 Å². The molecule has 3 nitrogen and oxygen atoms in total. The number of esters is 1. The molecule has 14 heavy (non-hydrogen) atoms. The number of carbonyl (C=O) groups is 2. The predicted molar refractivity (Wildman–Crippen MR) is 55.1 cm³/mol. The van der Waals surface area contributed by atoms with E-state index in [1.807, 2.05) is 0 Å². The van der Waals surface area contributed by atoms with E-state index in [9.17, 15) is 9.59 Å². The highest BCUT2D eigenvalue weighted by Crippen LogP contribution is 2.16. The van der Waals surface area contributed by atoms with E-state index in [-0.39, 0.29) is 12.2 Å². The Balaban J connectivity index is 2.56. The van der Waals surface area contributed by atoms with Crippen molar-refractivity contribution in [1.82, 2.24) is 0 Å². The van der Waals surface area contributed by atoms with Crippen LogP contribution in [0.25, 0.3) is 0 Å². The minimum absolute atomic E-state index is 0.184. The number of Topliss-reactive ketones (excluding diaryl/α,β-unsaturated/α-hetero) is 1. The van der Waals surface area contributed by atoms with Gasteiger partial charge in [-0.15, -0.1) is 0 Å². The molecule has 0 aliphatic heterocycles. The van der Waals surface area contributed by atoms with Gasteiger partial charge >= 0.3 is 5.97 Å². The molecule has 0 bridgehead atoms. The summed E-state index contributed by atoms with van der Waals surface area (Å²) >= 11 is 3.26. The Morgan fingerprint density at radius 2 is 1.86 bits per heavy atom. The van der Waals surface area contributed by atoms with Crippen LogP contribution in [-0.4, -0.2) is 11.8 Å². The van der Waals surface area contributed by atoms with Gasteiger partial charge in [0.05, 0.1) is 0 Å². The van der Waals surface area contributed by atoms with Crippen LogP contribution >= 0.6 is 15.9 Å². The Kier molecular flexibility index (Phi) is 3.83. The highest BCUT2D eigenvalue weighted by Gasteiger charge is 2.07. The Bertz CT molecular complexity index is 343. The molecule has 74 valence electrons. The Labute approximate surface area is 90.2 Å². The van der Waals surface area contributed by atoms with Crippen molar-refractivity contribution in [3.05, 3.63) is 28.7 Å². The van der Waals surface area contributed by atoms with Crippen LogP contribution < -0.4 is 4.74 Å². The number of hydrogen-bond donors (Lipinski definition) is 0. The topological polar surface area (TPSA) is 43.4 Å². The maximum atomic E-state index is 11.1. The summed E-state index contributed by atoms with van der Waals surface area (Å²) in [6.07, 6.45) is -0.184. The first kappa shape index (κ1) is 10.9. The van der Waals surface area contributed by atoms with Crippen molar-refractivity contribution in [3.8, 4) is 5.75 Å². The van der Waals surface area contributed by atoms with Crippen molar-refractivity contribution in [3.63, 3.8) is 0 Å². The minimum atomic E-state index is -0.528. The Morgan fingerprint density at radius 1 is 1.29 bits per heavy atom. The smallest absolute Gasteiger partial charge is 0.318 e. The molecule has 0 aromatic heterocycles. The van der Waals surface area contributed by atoms with E-state index in [0.717, 1.165) is 4.47 Å². The molecule has 0 amide bonds. The average Bonchev–Trinajstić information content (AvgIpc) is 2.07. The molecule has 1 aromatic carbocycles. The Hall–Kier alpha value is -1.16. The maximum absolute atomic E-state index is 11.1. The second-order valence-electron chi connectivity index (χ2n) is 2.81. The molecule has 0 atom stereocenters. The predicted octanol–water partition coefficient (Wildman–Crippen LogP) is 2.33. The fourth-order valence-corrected chi connectivity index (χ4v) is 1.14. The highest BCUT2D eigenvalue weighted by molar-refractivity contribution is 9.10. The zero-order valence-electron chi connectivity index (χ0n) is 7.62. The van der Waals surface area contributed by atoms with E-state index < -0.39 is 5.97 Å². The molecule has 0 spiro atoms. The largest absolute Gasteiger partial charge is 0.426 e. The van der Waals surface area contributed by atoms with E-state index in [1.165, 1.54) is 6.92 Å². The van der Waals surface area contributed by atoms with Crippen molar-refractivity contribution in [2.75, 3.05) is 0 Å². The number of rotatable bonds is 3. The van der Waals surface area contributed by atoms with Crippen molar-refractivity contribution in [2.45, 2.75) is 13.3 Å². The zero-order chi connectivity index (χ0) is 10.6. The fraction of sp³-hybridized carbons (Fsp3) is 0.200. The Morgan fingerprint density at radius 3 is 2.36 bits per heavy atom. The minimum Gasteiger partial charge on any atom is -0.426 e. The molecule has 0 radical (unpaired) electrons. The third kappa shape index (κ3) is 3.70. The molecular weight excluding hydrogens is 248 g/mol. The molecular formula is C10H9BrO3. The van der Waals surface area contributed by atoms with Crippen LogP contribution in [0, 0.1) is 0 Å². The number of carbonyl (C=O) groups excluding carboxylic acids is 2. The second kappa shape index (κ2) is 4.91. The third-order valence-corrected chi connectivity index (χ3v) is 1.97. The van der Waals surface area contributed by atoms with Gasteiger partial charge in [-0.1, -0.05) is 15.9 Å². The van der Waals surface area contributed by atoms with Crippen LogP contribution in [0.1, 0.15) is 13.3 Å². The summed E-state index contributed by atoms with van der Waals surface area (Å²) in [5.41, 5.74) is 0. The van der Waals surface area contributed by atoms with E-state index in [1.54, 1.807) is 24.3 Å². The first-order valence-electron chi connectivity index (χ1n) is 4.03. The molecule has 0 N–H and O–H groups in total. The molecule has 0 saturated carbocycles. The number of benzene rings is 1. The molecule has 0 saturated heterocycles. The van der Waals surface area contributed by atoms with Gasteiger partial charge in [-0.2, -0.15) is 0 Å². The lowest BCUT2D eigenvalue weighted by atomic mass is 10.3.